The summed E-state index contributed by atoms with van der Waals surface area (Å²) >= 11 is 1.71. The number of fused-ring (bicyclic) bond motifs is 2. The molecule has 0 bridgehead atoms. The van der Waals surface area contributed by atoms with Gasteiger partial charge in [0.25, 0.3) is 10.1 Å². The van der Waals surface area contributed by atoms with E-state index in [9.17, 15) is 13.0 Å². The van der Waals surface area contributed by atoms with E-state index in [2.05, 4.69) is 22.0 Å². The fourth-order valence-corrected chi connectivity index (χ4v) is 5.69. The van der Waals surface area contributed by atoms with Crippen molar-refractivity contribution in [3.63, 3.8) is 0 Å². The quantitative estimate of drug-likeness (QED) is 0.557. The second-order valence-corrected chi connectivity index (χ2v) is 9.82. The van der Waals surface area contributed by atoms with Gasteiger partial charge in [-0.05, 0) is 56.2 Å². The number of pyridine rings is 1. The molecule has 1 atom stereocenters. The Balaban J connectivity index is 1.71. The monoisotopic (exact) mass is 426 g/mol. The molecule has 3 aromatic rings. The first-order chi connectivity index (χ1) is 13.8. The summed E-state index contributed by atoms with van der Waals surface area (Å²) in [6.45, 7) is 4.08. The summed E-state index contributed by atoms with van der Waals surface area (Å²) in [6, 6.07) is 19.8. The fraction of sp³-hybridized carbons (Fsp3) is 0.227. The topological polar surface area (TPSA) is 70.5 Å². The van der Waals surface area contributed by atoms with E-state index in [-0.39, 0.29) is 6.42 Å². The number of benzene rings is 2. The molecule has 1 unspecified atom stereocenters. The van der Waals surface area contributed by atoms with E-state index in [0.29, 0.717) is 12.2 Å². The normalized spacial score (nSPS) is 14.2. The Morgan fingerprint density at radius 2 is 1.55 bits per heavy atom. The van der Waals surface area contributed by atoms with Gasteiger partial charge in [-0.3, -0.25) is 9.54 Å². The van der Waals surface area contributed by atoms with Crippen LogP contribution in [0.1, 0.15) is 28.6 Å². The molecule has 1 N–H and O–H groups in total. The highest BCUT2D eigenvalue weighted by Gasteiger charge is 2.30. The molecule has 1 aliphatic rings. The van der Waals surface area contributed by atoms with E-state index in [0.717, 1.165) is 32.4 Å². The zero-order chi connectivity index (χ0) is 20.6. The summed E-state index contributed by atoms with van der Waals surface area (Å²) in [5.74, 6) is 0. The average Bonchev–Trinajstić information content (AvgIpc) is 2.69. The third-order valence-electron chi connectivity index (χ3n) is 5.09. The van der Waals surface area contributed by atoms with E-state index in [1.54, 1.807) is 11.8 Å². The first-order valence-electron chi connectivity index (χ1n) is 9.38. The van der Waals surface area contributed by atoms with Crippen LogP contribution in [0.3, 0.4) is 0 Å². The molecule has 0 fully saturated rings. The van der Waals surface area contributed by atoms with Gasteiger partial charge in [-0.1, -0.05) is 42.1 Å². The van der Waals surface area contributed by atoms with Crippen molar-refractivity contribution < 1.29 is 13.0 Å². The molecule has 2 aromatic carbocycles. The summed E-state index contributed by atoms with van der Waals surface area (Å²) in [4.78, 5) is 8.81. The third-order valence-corrected chi connectivity index (χ3v) is 7.40. The van der Waals surface area contributed by atoms with E-state index >= 15 is 0 Å². The van der Waals surface area contributed by atoms with Crippen LogP contribution in [0.15, 0.2) is 70.5 Å². The standard InChI is InChI=1S/C22H22N2O3S2/c1-15-11-12-16(2)23-22(15)21(29(25,26)27)13-14-24-17-7-3-5-9-19(17)28-20-10-6-4-8-18(20)24/h3-12,21H,13-14H2,1-2H3,(H,25,26,27). The maximum absolute atomic E-state index is 12.3. The molecule has 0 amide bonds. The summed E-state index contributed by atoms with van der Waals surface area (Å²) < 4.78 is 34.5. The Morgan fingerprint density at radius 1 is 0.966 bits per heavy atom. The largest absolute Gasteiger partial charge is 0.340 e. The Labute approximate surface area is 175 Å². The SMILES string of the molecule is Cc1ccc(C)c(C(CCN2c3ccccc3Sc3ccccc32)S(=O)(=O)O)n1. The molecular formula is C22H22N2O3S2. The number of aromatic nitrogens is 1. The molecule has 7 heteroatoms. The molecule has 2 heterocycles. The predicted octanol–water partition coefficient (Wildman–Crippen LogP) is 5.32. The molecule has 5 nitrogen and oxygen atoms in total. The lowest BCUT2D eigenvalue weighted by molar-refractivity contribution is 0.462. The van der Waals surface area contributed by atoms with Crippen molar-refractivity contribution in [1.82, 2.24) is 4.98 Å². The van der Waals surface area contributed by atoms with E-state index in [1.807, 2.05) is 62.4 Å². The highest BCUT2D eigenvalue weighted by Crippen LogP contribution is 2.48. The predicted molar refractivity (Wildman–Crippen MR) is 117 cm³/mol. The summed E-state index contributed by atoms with van der Waals surface area (Å²) in [6.07, 6.45) is 0.226. The Hall–Kier alpha value is -2.35. The Morgan fingerprint density at radius 3 is 2.14 bits per heavy atom. The highest BCUT2D eigenvalue weighted by molar-refractivity contribution is 7.99. The summed E-state index contributed by atoms with van der Waals surface area (Å²) in [5, 5.41) is -1.07. The van der Waals surface area contributed by atoms with Crippen LogP contribution in [0.2, 0.25) is 0 Å². The minimum atomic E-state index is -4.31. The van der Waals surface area contributed by atoms with Gasteiger partial charge >= 0.3 is 0 Å². The summed E-state index contributed by atoms with van der Waals surface area (Å²) in [5.41, 5.74) is 3.98. The van der Waals surface area contributed by atoms with Crippen LogP contribution in [-0.2, 0) is 10.1 Å². The molecule has 0 aliphatic carbocycles. The van der Waals surface area contributed by atoms with Gasteiger partial charge in [-0.25, -0.2) is 0 Å². The van der Waals surface area contributed by atoms with Crippen molar-refractivity contribution in [3.05, 3.63) is 77.6 Å². The minimum Gasteiger partial charge on any atom is -0.340 e. The number of hydrogen-bond donors (Lipinski definition) is 1. The second-order valence-electron chi connectivity index (χ2n) is 7.14. The van der Waals surface area contributed by atoms with Crippen molar-refractivity contribution in [2.45, 2.75) is 35.3 Å². The van der Waals surface area contributed by atoms with Crippen LogP contribution in [-0.4, -0.2) is 24.5 Å². The van der Waals surface area contributed by atoms with Crippen LogP contribution >= 0.6 is 11.8 Å². The van der Waals surface area contributed by atoms with Gasteiger partial charge in [0.05, 0.1) is 17.1 Å². The molecule has 0 spiro atoms. The van der Waals surface area contributed by atoms with E-state index in [4.69, 9.17) is 0 Å². The maximum Gasteiger partial charge on any atom is 0.273 e. The van der Waals surface area contributed by atoms with Gasteiger partial charge in [-0.15, -0.1) is 0 Å². The second kappa shape index (κ2) is 7.82. The van der Waals surface area contributed by atoms with Gasteiger partial charge in [-0.2, -0.15) is 8.42 Å². The van der Waals surface area contributed by atoms with Crippen molar-refractivity contribution in [1.29, 1.82) is 0 Å². The molecule has 4 rings (SSSR count). The van der Waals surface area contributed by atoms with Crippen LogP contribution < -0.4 is 4.90 Å². The van der Waals surface area contributed by atoms with Crippen molar-refractivity contribution in [2.24, 2.45) is 0 Å². The van der Waals surface area contributed by atoms with E-state index in [1.165, 1.54) is 0 Å². The van der Waals surface area contributed by atoms with Crippen molar-refractivity contribution in [3.8, 4) is 0 Å². The van der Waals surface area contributed by atoms with Gasteiger partial charge < -0.3 is 4.90 Å². The fourth-order valence-electron chi connectivity index (χ4n) is 3.67. The van der Waals surface area contributed by atoms with Crippen LogP contribution in [0, 0.1) is 13.8 Å². The van der Waals surface area contributed by atoms with Gasteiger partial charge in [0.1, 0.15) is 5.25 Å². The smallest absolute Gasteiger partial charge is 0.273 e. The van der Waals surface area contributed by atoms with Crippen LogP contribution in [0.25, 0.3) is 0 Å². The van der Waals surface area contributed by atoms with Crippen LogP contribution in [0.4, 0.5) is 11.4 Å². The first-order valence-corrected chi connectivity index (χ1v) is 11.7. The lowest BCUT2D eigenvalue weighted by atomic mass is 10.1. The van der Waals surface area contributed by atoms with E-state index < -0.39 is 15.4 Å². The van der Waals surface area contributed by atoms with Gasteiger partial charge in [0, 0.05) is 22.0 Å². The molecule has 29 heavy (non-hydrogen) atoms. The molecule has 0 saturated carbocycles. The summed E-state index contributed by atoms with van der Waals surface area (Å²) in [7, 11) is -4.31. The lowest BCUT2D eigenvalue weighted by Crippen LogP contribution is -2.26. The van der Waals surface area contributed by atoms with Crippen molar-refractivity contribution >= 4 is 33.3 Å². The van der Waals surface area contributed by atoms with Gasteiger partial charge in [0.2, 0.25) is 0 Å². The molecule has 0 saturated heterocycles. The number of nitrogens with zero attached hydrogens (tertiary/aromatic N) is 2. The number of aryl methyl sites for hydroxylation is 2. The van der Waals surface area contributed by atoms with Crippen LogP contribution in [0.5, 0.6) is 0 Å². The average molecular weight is 427 g/mol. The molecule has 0 radical (unpaired) electrons. The third kappa shape index (κ3) is 4.03. The highest BCUT2D eigenvalue weighted by atomic mass is 32.2. The maximum atomic E-state index is 12.3. The zero-order valence-electron chi connectivity index (χ0n) is 16.2. The number of rotatable bonds is 5. The minimum absolute atomic E-state index is 0.226. The van der Waals surface area contributed by atoms with Crippen molar-refractivity contribution in [2.75, 3.05) is 11.4 Å². The number of hydrogen-bond acceptors (Lipinski definition) is 5. The molecule has 1 aliphatic heterocycles. The van der Waals surface area contributed by atoms with Gasteiger partial charge in [0.15, 0.2) is 0 Å². The number of anilines is 2. The first kappa shape index (κ1) is 19.9. The lowest BCUT2D eigenvalue weighted by Gasteiger charge is -2.33. The molecule has 150 valence electrons. The Kier molecular flexibility index (Phi) is 5.38. The number of para-hydroxylation sites is 2. The molecular weight excluding hydrogens is 404 g/mol. The zero-order valence-corrected chi connectivity index (χ0v) is 17.9. The molecule has 1 aromatic heterocycles. The Bertz CT molecular complexity index is 1120.